The van der Waals surface area contributed by atoms with Gasteiger partial charge in [-0.3, -0.25) is 19.0 Å². The van der Waals surface area contributed by atoms with Gasteiger partial charge in [0.25, 0.3) is 0 Å². The number of nitrogens with one attached hydrogen (secondary N) is 1. The van der Waals surface area contributed by atoms with E-state index in [1.54, 1.807) is 7.05 Å². The summed E-state index contributed by atoms with van der Waals surface area (Å²) in [6.07, 6.45) is 0.958. The van der Waals surface area contributed by atoms with E-state index in [1.807, 2.05) is 0 Å². The molecule has 0 aromatic carbocycles. The molecule has 0 unspecified atom stereocenters. The van der Waals surface area contributed by atoms with Crippen molar-refractivity contribution in [1.29, 1.82) is 0 Å². The highest BCUT2D eigenvalue weighted by atomic mass is 32.3. The molecule has 3 rings (SSSR count). The number of fused-ring (bicyclic) bond motifs is 4. The van der Waals surface area contributed by atoms with Crippen molar-refractivity contribution in [2.75, 3.05) is 13.6 Å². The minimum absolute atomic E-state index is 0.00592. The van der Waals surface area contributed by atoms with Gasteiger partial charge in [-0.05, 0) is 0 Å². The van der Waals surface area contributed by atoms with Crippen LogP contribution in [0.1, 0.15) is 36.2 Å². The van der Waals surface area contributed by atoms with Crippen LogP contribution >= 0.6 is 0 Å². The molecule has 3 heterocycles. The summed E-state index contributed by atoms with van der Waals surface area (Å²) in [5.41, 5.74) is 8.28. The number of aromatic nitrogens is 2. The van der Waals surface area contributed by atoms with Gasteiger partial charge in [0.05, 0.1) is 24.9 Å². The Hall–Kier alpha value is -3.24. The van der Waals surface area contributed by atoms with Gasteiger partial charge in [0.15, 0.2) is 5.84 Å². The molecule has 16 heteroatoms. The van der Waals surface area contributed by atoms with Gasteiger partial charge in [-0.1, -0.05) is 0 Å². The van der Waals surface area contributed by atoms with E-state index in [-0.39, 0.29) is 25.2 Å². The van der Waals surface area contributed by atoms with E-state index in [9.17, 15) is 22.8 Å². The molecule has 2 atom stereocenters. The van der Waals surface area contributed by atoms with Gasteiger partial charge >= 0.3 is 22.4 Å². The maximum absolute atomic E-state index is 12.8. The van der Waals surface area contributed by atoms with Gasteiger partial charge < -0.3 is 15.5 Å². The van der Waals surface area contributed by atoms with Gasteiger partial charge in [0.1, 0.15) is 12.1 Å². The van der Waals surface area contributed by atoms with Crippen LogP contribution in [0.5, 0.6) is 0 Å². The van der Waals surface area contributed by atoms with E-state index in [1.165, 1.54) is 22.8 Å². The lowest BCUT2D eigenvalue weighted by molar-refractivity contribution is -0.149. The predicted octanol–water partition coefficient (Wildman–Crippen LogP) is -1.67. The monoisotopic (exact) mass is 445 g/mol. The largest absolute Gasteiger partial charge is 0.418 e. The highest BCUT2D eigenvalue weighted by Gasteiger charge is 2.53. The number of rotatable bonds is 6. The van der Waals surface area contributed by atoms with Crippen LogP contribution in [0.2, 0.25) is 0 Å². The summed E-state index contributed by atoms with van der Waals surface area (Å²) in [4.78, 5) is 45.5. The minimum Gasteiger partial charge on any atom is -0.370 e. The molecule has 4 N–H and O–H groups in total. The molecule has 0 saturated carbocycles. The molecule has 2 aliphatic rings. The number of carbonyl (C=O) groups is 3. The standard InChI is InChI=1S/C14H19N7O8S/c1-16-13(18-28-10(23)4-3-9(15)22)12-11-7(5-17-19(11)2)8-6-20(12)14(24)21(8)29-30(25,26)27/h5,8,12H,3-4,6H2,1-2H3,(H2,15,22)(H,16,18)(H,25,26,27)/t8-,12-/m0/s1. The number of nitrogens with zero attached hydrogens (tertiary/aromatic N) is 5. The Bertz CT molecular complexity index is 1020. The number of hydrogen-bond acceptors (Lipinski definition) is 9. The number of aliphatic imine (C=N–C) groups is 1. The first-order chi connectivity index (χ1) is 14.0. The highest BCUT2D eigenvalue weighted by Crippen LogP contribution is 2.44. The molecule has 0 aliphatic carbocycles. The molecule has 0 spiro atoms. The van der Waals surface area contributed by atoms with Crippen molar-refractivity contribution in [3.8, 4) is 0 Å². The normalized spacial score (nSPS) is 20.9. The van der Waals surface area contributed by atoms with Crippen LogP contribution in [-0.2, 0) is 36.2 Å². The quantitative estimate of drug-likeness (QED) is 0.197. The Labute approximate surface area is 170 Å². The van der Waals surface area contributed by atoms with Crippen LogP contribution in [0, 0.1) is 0 Å². The van der Waals surface area contributed by atoms with Crippen molar-refractivity contribution in [1.82, 2.24) is 25.2 Å². The first-order valence-electron chi connectivity index (χ1n) is 8.52. The minimum atomic E-state index is -4.95. The third kappa shape index (κ3) is 4.05. The van der Waals surface area contributed by atoms with Crippen LogP contribution in [0.4, 0.5) is 4.79 Å². The zero-order chi connectivity index (χ0) is 22.2. The summed E-state index contributed by atoms with van der Waals surface area (Å²) in [5.74, 6) is -1.42. The fourth-order valence-corrected chi connectivity index (χ4v) is 3.68. The number of amides is 3. The molecule has 15 nitrogen and oxygen atoms in total. The molecule has 3 amide bonds. The summed E-state index contributed by atoms with van der Waals surface area (Å²) in [6.45, 7) is -0.00592. The molecular weight excluding hydrogens is 426 g/mol. The second kappa shape index (κ2) is 7.88. The van der Waals surface area contributed by atoms with Gasteiger partial charge in [0, 0.05) is 26.1 Å². The maximum Gasteiger partial charge on any atom is 0.418 e. The number of aryl methyl sites for hydroxylation is 1. The second-order valence-electron chi connectivity index (χ2n) is 6.44. The Balaban J connectivity index is 1.88. The smallest absolute Gasteiger partial charge is 0.370 e. The molecule has 2 bridgehead atoms. The van der Waals surface area contributed by atoms with E-state index in [4.69, 9.17) is 15.1 Å². The second-order valence-corrected chi connectivity index (χ2v) is 7.45. The third-order valence-electron chi connectivity index (χ3n) is 4.55. The molecule has 164 valence electrons. The van der Waals surface area contributed by atoms with E-state index < -0.39 is 40.4 Å². The zero-order valence-electron chi connectivity index (χ0n) is 15.9. The van der Waals surface area contributed by atoms with Crippen LogP contribution in [0.3, 0.4) is 0 Å². The number of primary amides is 1. The third-order valence-corrected chi connectivity index (χ3v) is 4.90. The SMILES string of the molecule is CN=C(NOC(=O)CCC(N)=O)[C@@H]1c2c(cnn2C)[C@@H]2CN1C(=O)N2OS(=O)(=O)O. The summed E-state index contributed by atoms with van der Waals surface area (Å²) >= 11 is 0. The summed E-state index contributed by atoms with van der Waals surface area (Å²) in [5, 5.41) is 4.66. The van der Waals surface area contributed by atoms with Crippen molar-refractivity contribution >= 4 is 34.1 Å². The Morgan fingerprint density at radius 3 is 2.73 bits per heavy atom. The molecule has 1 fully saturated rings. The predicted molar refractivity (Wildman–Crippen MR) is 96.3 cm³/mol. The first kappa shape index (κ1) is 21.5. The fraction of sp³-hybridized carbons (Fsp3) is 0.500. The van der Waals surface area contributed by atoms with Gasteiger partial charge in [0.2, 0.25) is 5.91 Å². The summed E-state index contributed by atoms with van der Waals surface area (Å²) < 4.78 is 37.3. The van der Waals surface area contributed by atoms with Gasteiger partial charge in [-0.2, -0.15) is 18.6 Å². The van der Waals surface area contributed by atoms with Crippen LogP contribution < -0.4 is 11.2 Å². The van der Waals surface area contributed by atoms with Crippen LogP contribution in [-0.4, -0.2) is 70.0 Å². The van der Waals surface area contributed by atoms with Crippen LogP contribution in [0.15, 0.2) is 11.2 Å². The van der Waals surface area contributed by atoms with E-state index >= 15 is 0 Å². The van der Waals surface area contributed by atoms with E-state index in [2.05, 4.69) is 19.9 Å². The number of carbonyl (C=O) groups excluding carboxylic acids is 3. The summed E-state index contributed by atoms with van der Waals surface area (Å²) in [6, 6.07) is -2.64. The highest BCUT2D eigenvalue weighted by molar-refractivity contribution is 7.80. The molecule has 1 aromatic rings. The molecule has 2 aliphatic heterocycles. The average molecular weight is 445 g/mol. The van der Waals surface area contributed by atoms with Crippen LogP contribution in [0.25, 0.3) is 0 Å². The summed E-state index contributed by atoms with van der Waals surface area (Å²) in [7, 11) is -1.97. The first-order valence-corrected chi connectivity index (χ1v) is 9.89. The van der Waals surface area contributed by atoms with Crippen molar-refractivity contribution in [2.45, 2.75) is 24.9 Å². The van der Waals surface area contributed by atoms with E-state index in [0.29, 0.717) is 16.3 Å². The van der Waals surface area contributed by atoms with Gasteiger partial charge in [-0.25, -0.2) is 15.1 Å². The Morgan fingerprint density at radius 1 is 1.43 bits per heavy atom. The average Bonchev–Trinajstić information content (AvgIpc) is 3.16. The molecule has 30 heavy (non-hydrogen) atoms. The van der Waals surface area contributed by atoms with Crippen molar-refractivity contribution in [3.05, 3.63) is 17.5 Å². The molecular formula is C14H19N7O8S. The van der Waals surface area contributed by atoms with Gasteiger partial charge in [-0.15, -0.1) is 4.28 Å². The lowest BCUT2D eigenvalue weighted by Gasteiger charge is -2.31. The Kier molecular flexibility index (Phi) is 5.64. The van der Waals surface area contributed by atoms with E-state index in [0.717, 1.165) is 0 Å². The van der Waals surface area contributed by atoms with Crippen molar-refractivity contribution in [3.63, 3.8) is 0 Å². The molecule has 0 radical (unpaired) electrons. The lowest BCUT2D eigenvalue weighted by atomic mass is 9.97. The Morgan fingerprint density at radius 2 is 2.13 bits per heavy atom. The number of nitrogens with two attached hydrogens (primary N) is 1. The lowest BCUT2D eigenvalue weighted by Crippen LogP contribution is -2.45. The van der Waals surface area contributed by atoms with Crippen molar-refractivity contribution < 1.29 is 36.5 Å². The number of hydroxylamine groups is 3. The zero-order valence-corrected chi connectivity index (χ0v) is 16.7. The molecule has 1 aromatic heterocycles. The topological polar surface area (TPSA) is 199 Å². The number of urea groups is 1. The molecule has 1 saturated heterocycles. The van der Waals surface area contributed by atoms with Crippen molar-refractivity contribution in [2.24, 2.45) is 17.8 Å². The maximum atomic E-state index is 12.8. The fourth-order valence-electron chi connectivity index (χ4n) is 3.31. The number of hydrogen-bond donors (Lipinski definition) is 3. The number of amidine groups is 1.